The highest BCUT2D eigenvalue weighted by molar-refractivity contribution is 9.10. The molecular weight excluding hydrogens is 339 g/mol. The average Bonchev–Trinajstić information content (AvgIpc) is 2.35. The van der Waals surface area contributed by atoms with E-state index in [2.05, 4.69) is 32.9 Å². The molecule has 1 aromatic carbocycles. The van der Waals surface area contributed by atoms with Crippen molar-refractivity contribution >= 4 is 21.6 Å². The number of unbranched alkanes of at least 4 members (excludes halogenated alkanes) is 1. The molecule has 0 radical (unpaired) electrons. The Kier molecular flexibility index (Phi) is 7.15. The van der Waals surface area contributed by atoms with Crippen molar-refractivity contribution in [2.45, 2.75) is 26.1 Å². The van der Waals surface area contributed by atoms with Gasteiger partial charge in [-0.2, -0.15) is 0 Å². The highest BCUT2D eigenvalue weighted by Gasteiger charge is 2.31. The molecule has 0 aromatic heterocycles. The normalized spacial score (nSPS) is 11.4. The Morgan fingerprint density at radius 1 is 1.25 bits per heavy atom. The van der Waals surface area contributed by atoms with Gasteiger partial charge in [0, 0.05) is 18.8 Å². The number of anilines is 1. The van der Waals surface area contributed by atoms with Gasteiger partial charge in [-0.3, -0.25) is 0 Å². The average molecular weight is 356 g/mol. The van der Waals surface area contributed by atoms with Gasteiger partial charge in [-0.25, -0.2) is 0 Å². The van der Waals surface area contributed by atoms with Gasteiger partial charge in [0.1, 0.15) is 5.75 Å². The number of hydrogen-bond acceptors (Lipinski definition) is 3. The maximum absolute atomic E-state index is 12.1. The van der Waals surface area contributed by atoms with Gasteiger partial charge >= 0.3 is 6.36 Å². The van der Waals surface area contributed by atoms with Crippen LogP contribution in [-0.2, 0) is 4.74 Å². The molecule has 1 N–H and O–H groups in total. The van der Waals surface area contributed by atoms with Crippen molar-refractivity contribution in [2.24, 2.45) is 0 Å². The van der Waals surface area contributed by atoms with Crippen molar-refractivity contribution in [2.75, 3.05) is 25.1 Å². The lowest BCUT2D eigenvalue weighted by atomic mass is 10.3. The van der Waals surface area contributed by atoms with Crippen LogP contribution in [0, 0.1) is 0 Å². The van der Waals surface area contributed by atoms with E-state index in [1.807, 2.05) is 0 Å². The SMILES string of the molecule is CCCCOCCNc1ccc(OC(F)(F)F)c(Br)c1. The molecule has 1 rings (SSSR count). The number of ether oxygens (including phenoxy) is 2. The largest absolute Gasteiger partial charge is 0.573 e. The molecule has 0 amide bonds. The summed E-state index contributed by atoms with van der Waals surface area (Å²) >= 11 is 3.05. The third-order valence-electron chi connectivity index (χ3n) is 2.38. The first-order valence-corrected chi connectivity index (χ1v) is 7.08. The molecule has 0 unspecified atom stereocenters. The predicted octanol–water partition coefficient (Wildman–Crippen LogP) is 4.58. The van der Waals surface area contributed by atoms with Crippen LogP contribution in [0.1, 0.15) is 19.8 Å². The molecule has 0 heterocycles. The maximum atomic E-state index is 12.1. The Balaban J connectivity index is 2.39. The highest BCUT2D eigenvalue weighted by atomic mass is 79.9. The minimum atomic E-state index is -4.69. The van der Waals surface area contributed by atoms with E-state index < -0.39 is 6.36 Å². The van der Waals surface area contributed by atoms with Gasteiger partial charge < -0.3 is 14.8 Å². The molecule has 0 fully saturated rings. The van der Waals surface area contributed by atoms with Gasteiger partial charge in [0.25, 0.3) is 0 Å². The zero-order valence-electron chi connectivity index (χ0n) is 11.1. The van der Waals surface area contributed by atoms with E-state index in [1.54, 1.807) is 0 Å². The third kappa shape index (κ3) is 7.00. The summed E-state index contributed by atoms with van der Waals surface area (Å²) in [7, 11) is 0. The molecule has 0 aliphatic rings. The summed E-state index contributed by atoms with van der Waals surface area (Å²) in [6.07, 6.45) is -2.58. The van der Waals surface area contributed by atoms with Crippen LogP contribution in [0.3, 0.4) is 0 Å². The summed E-state index contributed by atoms with van der Waals surface area (Å²) in [5.41, 5.74) is 0.700. The Morgan fingerprint density at radius 2 is 2.00 bits per heavy atom. The monoisotopic (exact) mass is 355 g/mol. The van der Waals surface area contributed by atoms with E-state index in [4.69, 9.17) is 4.74 Å². The molecule has 0 bridgehead atoms. The number of benzene rings is 1. The van der Waals surface area contributed by atoms with Crippen molar-refractivity contribution in [1.29, 1.82) is 0 Å². The van der Waals surface area contributed by atoms with Crippen LogP contribution in [0.25, 0.3) is 0 Å². The van der Waals surface area contributed by atoms with Gasteiger partial charge in [-0.05, 0) is 40.5 Å². The number of nitrogens with one attached hydrogen (secondary N) is 1. The lowest BCUT2D eigenvalue weighted by Crippen LogP contribution is -2.17. The molecule has 0 aliphatic heterocycles. The van der Waals surface area contributed by atoms with E-state index >= 15 is 0 Å². The molecular formula is C13H17BrF3NO2. The zero-order chi connectivity index (χ0) is 15.0. The Bertz CT molecular complexity index is 413. The van der Waals surface area contributed by atoms with E-state index in [1.165, 1.54) is 18.2 Å². The number of alkyl halides is 3. The third-order valence-corrected chi connectivity index (χ3v) is 3.00. The Morgan fingerprint density at radius 3 is 2.60 bits per heavy atom. The van der Waals surface area contributed by atoms with Crippen LogP contribution < -0.4 is 10.1 Å². The molecule has 114 valence electrons. The molecule has 3 nitrogen and oxygen atoms in total. The maximum Gasteiger partial charge on any atom is 0.573 e. The summed E-state index contributed by atoms with van der Waals surface area (Å²) in [5.74, 6) is -0.262. The van der Waals surface area contributed by atoms with Crippen molar-refractivity contribution < 1.29 is 22.6 Å². The van der Waals surface area contributed by atoms with Gasteiger partial charge in [0.15, 0.2) is 0 Å². The second-order valence-electron chi connectivity index (χ2n) is 4.09. The predicted molar refractivity (Wildman–Crippen MR) is 75.0 cm³/mol. The lowest BCUT2D eigenvalue weighted by molar-refractivity contribution is -0.274. The van der Waals surface area contributed by atoms with Crippen LogP contribution in [-0.4, -0.2) is 26.1 Å². The fourth-order valence-electron chi connectivity index (χ4n) is 1.43. The minimum Gasteiger partial charge on any atom is -0.405 e. The van der Waals surface area contributed by atoms with Gasteiger partial charge in [0.2, 0.25) is 0 Å². The number of hydrogen-bond donors (Lipinski definition) is 1. The quantitative estimate of drug-likeness (QED) is 0.692. The van der Waals surface area contributed by atoms with Crippen LogP contribution in [0.15, 0.2) is 22.7 Å². The second-order valence-corrected chi connectivity index (χ2v) is 4.94. The van der Waals surface area contributed by atoms with Crippen molar-refractivity contribution in [3.8, 4) is 5.75 Å². The van der Waals surface area contributed by atoms with E-state index in [9.17, 15) is 13.2 Å². The second kappa shape index (κ2) is 8.36. The molecule has 0 atom stereocenters. The first-order chi connectivity index (χ1) is 9.42. The molecule has 0 saturated carbocycles. The standard InChI is InChI=1S/C13H17BrF3NO2/c1-2-3-7-19-8-6-18-10-4-5-12(11(14)9-10)20-13(15,16)17/h4-5,9,18H,2-3,6-8H2,1H3. The van der Waals surface area contributed by atoms with Crippen molar-refractivity contribution in [3.63, 3.8) is 0 Å². The minimum absolute atomic E-state index is 0.242. The van der Waals surface area contributed by atoms with Gasteiger partial charge in [-0.1, -0.05) is 13.3 Å². The van der Waals surface area contributed by atoms with E-state index in [0.717, 1.165) is 19.4 Å². The van der Waals surface area contributed by atoms with Gasteiger partial charge in [0.05, 0.1) is 11.1 Å². The first kappa shape index (κ1) is 17.1. The smallest absolute Gasteiger partial charge is 0.405 e. The molecule has 1 aromatic rings. The van der Waals surface area contributed by atoms with Gasteiger partial charge in [-0.15, -0.1) is 13.2 Å². The summed E-state index contributed by atoms with van der Waals surface area (Å²) in [6.45, 7) is 3.96. The fraction of sp³-hybridized carbons (Fsp3) is 0.538. The number of halogens is 4. The van der Waals surface area contributed by atoms with Crippen molar-refractivity contribution in [1.82, 2.24) is 0 Å². The van der Waals surface area contributed by atoms with Crippen LogP contribution in [0.4, 0.5) is 18.9 Å². The Hall–Kier alpha value is -0.950. The van der Waals surface area contributed by atoms with E-state index in [0.29, 0.717) is 18.8 Å². The molecule has 0 saturated heterocycles. The van der Waals surface area contributed by atoms with Crippen LogP contribution in [0.2, 0.25) is 0 Å². The first-order valence-electron chi connectivity index (χ1n) is 6.29. The summed E-state index contributed by atoms with van der Waals surface area (Å²) in [6, 6.07) is 4.32. The highest BCUT2D eigenvalue weighted by Crippen LogP contribution is 2.32. The summed E-state index contributed by atoms with van der Waals surface area (Å²) < 4.78 is 45.8. The van der Waals surface area contributed by atoms with Crippen LogP contribution in [0.5, 0.6) is 5.75 Å². The van der Waals surface area contributed by atoms with Crippen LogP contribution >= 0.6 is 15.9 Å². The molecule has 0 spiro atoms. The lowest BCUT2D eigenvalue weighted by Gasteiger charge is -2.12. The zero-order valence-corrected chi connectivity index (χ0v) is 12.7. The number of rotatable bonds is 8. The fourth-order valence-corrected chi connectivity index (χ4v) is 1.89. The van der Waals surface area contributed by atoms with Crippen molar-refractivity contribution in [3.05, 3.63) is 22.7 Å². The Labute approximate surface area is 124 Å². The van der Waals surface area contributed by atoms with E-state index in [-0.39, 0.29) is 10.2 Å². The molecule has 20 heavy (non-hydrogen) atoms. The summed E-state index contributed by atoms with van der Waals surface area (Å²) in [4.78, 5) is 0. The topological polar surface area (TPSA) is 30.5 Å². The summed E-state index contributed by atoms with van der Waals surface area (Å²) in [5, 5.41) is 3.06. The molecule has 0 aliphatic carbocycles. The molecule has 7 heteroatoms.